The third-order valence-electron chi connectivity index (χ3n) is 7.72. The monoisotopic (exact) mass is 740 g/mol. The first kappa shape index (κ1) is 35.1. The van der Waals surface area contributed by atoms with Crippen molar-refractivity contribution in [1.29, 1.82) is 0 Å². The maximum absolute atomic E-state index is 10.8. The highest BCUT2D eigenvalue weighted by Crippen LogP contribution is 2.34. The van der Waals surface area contributed by atoms with E-state index in [2.05, 4.69) is 74.1 Å². The summed E-state index contributed by atoms with van der Waals surface area (Å²) in [5.41, 5.74) is 6.31. The van der Waals surface area contributed by atoms with Crippen molar-refractivity contribution in [2.24, 2.45) is 0 Å². The number of nitrogens with zero attached hydrogens (tertiary/aromatic N) is 2. The maximum atomic E-state index is 10.8. The molecule has 5 rings (SSSR count). The summed E-state index contributed by atoms with van der Waals surface area (Å²) in [7, 11) is 7.37. The van der Waals surface area contributed by atoms with Crippen LogP contribution < -0.4 is 9.47 Å². The molecular formula is C36H42Br2N2O5. The van der Waals surface area contributed by atoms with E-state index in [0.29, 0.717) is 19.7 Å². The Morgan fingerprint density at radius 2 is 1.62 bits per heavy atom. The lowest BCUT2D eigenvalue weighted by Crippen LogP contribution is -2.27. The standard InChI is InChI=1S/C18H22BrNO3.C18H20BrNO2/c1-20(8-9-21)12-14-6-7-15(19)11-17(14)18(22)13-4-3-5-16(10-13)23-2;1-20-8-9-22-18(13-4-3-5-16(11-13)21-2)17-7-6-15(19)10-14(17)12-20/h3-7,10-11,18,21-22H,8-9,12H2,1-2H3;3-7,10-11,18H,8-9,12H2,1-2H3. The van der Waals surface area contributed by atoms with Gasteiger partial charge < -0.3 is 24.4 Å². The summed E-state index contributed by atoms with van der Waals surface area (Å²) in [6.45, 7) is 3.93. The lowest BCUT2D eigenvalue weighted by atomic mass is 9.95. The number of hydrogen-bond acceptors (Lipinski definition) is 7. The van der Waals surface area contributed by atoms with E-state index in [0.717, 1.165) is 55.8 Å². The van der Waals surface area contributed by atoms with E-state index in [1.54, 1.807) is 14.2 Å². The van der Waals surface area contributed by atoms with Gasteiger partial charge in [-0.15, -0.1) is 0 Å². The first-order chi connectivity index (χ1) is 21.7. The van der Waals surface area contributed by atoms with Gasteiger partial charge >= 0.3 is 0 Å². The molecule has 0 fully saturated rings. The number of methoxy groups -OCH3 is 2. The third kappa shape index (κ3) is 9.86. The highest BCUT2D eigenvalue weighted by Gasteiger charge is 2.22. The van der Waals surface area contributed by atoms with Crippen LogP contribution >= 0.6 is 31.9 Å². The van der Waals surface area contributed by atoms with Crippen LogP contribution in [0.15, 0.2) is 93.9 Å². The van der Waals surface area contributed by atoms with E-state index in [1.807, 2.05) is 66.5 Å². The quantitative estimate of drug-likeness (QED) is 0.192. The van der Waals surface area contributed by atoms with Crippen molar-refractivity contribution in [1.82, 2.24) is 9.80 Å². The Kier molecular flexibility index (Phi) is 13.4. The van der Waals surface area contributed by atoms with Crippen LogP contribution in [0.2, 0.25) is 0 Å². The van der Waals surface area contributed by atoms with Crippen LogP contribution in [0.25, 0.3) is 0 Å². The van der Waals surface area contributed by atoms with Gasteiger partial charge in [0.05, 0.1) is 27.4 Å². The number of ether oxygens (including phenoxy) is 3. The zero-order chi connectivity index (χ0) is 32.3. The number of benzene rings is 4. The van der Waals surface area contributed by atoms with Crippen molar-refractivity contribution in [3.63, 3.8) is 0 Å². The second-order valence-corrected chi connectivity index (χ2v) is 12.9. The van der Waals surface area contributed by atoms with E-state index in [1.165, 1.54) is 11.1 Å². The van der Waals surface area contributed by atoms with Gasteiger partial charge in [0.15, 0.2) is 0 Å². The van der Waals surface area contributed by atoms with Gasteiger partial charge in [-0.05, 0) is 96.0 Å². The molecule has 4 aromatic carbocycles. The molecule has 0 amide bonds. The molecule has 1 aliphatic heterocycles. The van der Waals surface area contributed by atoms with Gasteiger partial charge in [0, 0.05) is 35.1 Å². The van der Waals surface area contributed by atoms with Gasteiger partial charge in [-0.3, -0.25) is 9.80 Å². The molecule has 2 unspecified atom stereocenters. The Bertz CT molecular complexity index is 1540. The summed E-state index contributed by atoms with van der Waals surface area (Å²) in [6.07, 6.45) is -0.785. The second-order valence-electron chi connectivity index (χ2n) is 11.1. The summed E-state index contributed by atoms with van der Waals surface area (Å²) in [4.78, 5) is 4.30. The molecule has 9 heteroatoms. The fourth-order valence-corrected chi connectivity index (χ4v) is 6.12. The zero-order valence-electron chi connectivity index (χ0n) is 26.2. The van der Waals surface area contributed by atoms with E-state index in [4.69, 9.17) is 19.3 Å². The number of halogens is 2. The zero-order valence-corrected chi connectivity index (χ0v) is 29.4. The van der Waals surface area contributed by atoms with E-state index in [9.17, 15) is 5.11 Å². The summed E-state index contributed by atoms with van der Waals surface area (Å²) in [6, 6.07) is 27.9. The third-order valence-corrected chi connectivity index (χ3v) is 8.70. The van der Waals surface area contributed by atoms with Crippen LogP contribution in [0.3, 0.4) is 0 Å². The molecule has 240 valence electrons. The molecule has 0 radical (unpaired) electrons. The van der Waals surface area contributed by atoms with Gasteiger partial charge in [0.2, 0.25) is 0 Å². The normalized spacial score (nSPS) is 15.7. The minimum Gasteiger partial charge on any atom is -0.497 e. The van der Waals surface area contributed by atoms with Crippen LogP contribution in [-0.4, -0.2) is 74.6 Å². The number of likely N-dealkylation sites (N-methyl/N-ethyl adjacent to an activating group) is 2. The number of aliphatic hydroxyl groups is 2. The molecule has 0 saturated carbocycles. The van der Waals surface area contributed by atoms with E-state index >= 15 is 0 Å². The number of aliphatic hydroxyl groups excluding tert-OH is 2. The Morgan fingerprint density at radius 3 is 2.36 bits per heavy atom. The fourth-order valence-electron chi connectivity index (χ4n) is 5.33. The molecule has 0 saturated heterocycles. The summed E-state index contributed by atoms with van der Waals surface area (Å²) in [5, 5.41) is 19.9. The van der Waals surface area contributed by atoms with E-state index < -0.39 is 6.10 Å². The molecule has 2 atom stereocenters. The molecule has 2 N–H and O–H groups in total. The average molecular weight is 743 g/mol. The maximum Gasteiger partial charge on any atom is 0.119 e. The van der Waals surface area contributed by atoms with Gasteiger partial charge in [-0.25, -0.2) is 0 Å². The lowest BCUT2D eigenvalue weighted by Gasteiger charge is -2.28. The topological polar surface area (TPSA) is 74.6 Å². The molecular weight excluding hydrogens is 700 g/mol. The lowest BCUT2D eigenvalue weighted by molar-refractivity contribution is 0.0552. The van der Waals surface area contributed by atoms with E-state index in [-0.39, 0.29) is 12.7 Å². The summed E-state index contributed by atoms with van der Waals surface area (Å²) in [5.74, 6) is 1.58. The van der Waals surface area contributed by atoms with Crippen LogP contribution in [-0.2, 0) is 17.8 Å². The predicted molar refractivity (Wildman–Crippen MR) is 186 cm³/mol. The minimum absolute atomic E-state index is 0.0492. The first-order valence-electron chi connectivity index (χ1n) is 14.8. The van der Waals surface area contributed by atoms with Crippen molar-refractivity contribution in [2.45, 2.75) is 25.3 Å². The molecule has 0 bridgehead atoms. The van der Waals surface area contributed by atoms with Crippen molar-refractivity contribution in [3.8, 4) is 11.5 Å². The summed E-state index contributed by atoms with van der Waals surface area (Å²) >= 11 is 7.05. The molecule has 1 aliphatic rings. The molecule has 7 nitrogen and oxygen atoms in total. The van der Waals surface area contributed by atoms with Crippen molar-refractivity contribution < 1.29 is 24.4 Å². The largest absolute Gasteiger partial charge is 0.497 e. The van der Waals surface area contributed by atoms with Gasteiger partial charge in [-0.1, -0.05) is 68.3 Å². The highest BCUT2D eigenvalue weighted by atomic mass is 79.9. The van der Waals surface area contributed by atoms with Crippen LogP contribution in [0.5, 0.6) is 11.5 Å². The Hall–Kier alpha value is -2.76. The van der Waals surface area contributed by atoms with Crippen molar-refractivity contribution in [3.05, 3.63) is 127 Å². The van der Waals surface area contributed by atoms with Crippen molar-refractivity contribution in [2.75, 3.05) is 54.6 Å². The Labute approximate surface area is 283 Å². The Morgan fingerprint density at radius 1 is 0.933 bits per heavy atom. The number of fused-ring (bicyclic) bond motifs is 1. The number of rotatable bonds is 9. The minimum atomic E-state index is -0.736. The average Bonchev–Trinajstić information content (AvgIpc) is 3.03. The van der Waals surface area contributed by atoms with Gasteiger partial charge in [0.1, 0.15) is 23.7 Å². The van der Waals surface area contributed by atoms with Crippen LogP contribution in [0.1, 0.15) is 45.6 Å². The van der Waals surface area contributed by atoms with Gasteiger partial charge in [-0.2, -0.15) is 0 Å². The predicted octanol–water partition coefficient (Wildman–Crippen LogP) is 6.97. The molecule has 0 aliphatic carbocycles. The second kappa shape index (κ2) is 17.2. The van der Waals surface area contributed by atoms with Crippen molar-refractivity contribution >= 4 is 31.9 Å². The van der Waals surface area contributed by atoms with Crippen LogP contribution in [0, 0.1) is 0 Å². The van der Waals surface area contributed by atoms with Gasteiger partial charge in [0.25, 0.3) is 0 Å². The molecule has 1 heterocycles. The first-order valence-corrected chi connectivity index (χ1v) is 16.4. The SMILES string of the molecule is COc1cccc(C(O)c2cc(Br)ccc2CN(C)CCO)c1.COc1cccc(C2OCCN(C)Cc3cc(Br)ccc32)c1. The summed E-state index contributed by atoms with van der Waals surface area (Å²) < 4.78 is 18.8. The Balaban J connectivity index is 0.000000205. The molecule has 0 aromatic heterocycles. The number of hydrogen-bond donors (Lipinski definition) is 2. The molecule has 0 spiro atoms. The molecule has 4 aromatic rings. The fraction of sp³-hybridized carbons (Fsp3) is 0.333. The highest BCUT2D eigenvalue weighted by molar-refractivity contribution is 9.10. The molecule has 45 heavy (non-hydrogen) atoms. The smallest absolute Gasteiger partial charge is 0.119 e. The van der Waals surface area contributed by atoms with Crippen LogP contribution in [0.4, 0.5) is 0 Å².